The molecule has 1 aromatic rings. The summed E-state index contributed by atoms with van der Waals surface area (Å²) in [5.74, 6) is -5.59. The lowest BCUT2D eigenvalue weighted by Gasteiger charge is -2.26. The second-order valence-corrected chi connectivity index (χ2v) is 8.37. The number of rotatable bonds is 16. The molecular formula is C23H35N5O8. The van der Waals surface area contributed by atoms with Gasteiger partial charge in [-0.15, -0.1) is 0 Å². The molecule has 0 radical (unpaired) electrons. The maximum Gasteiger partial charge on any atom is 0.326 e. The molecule has 200 valence electrons. The van der Waals surface area contributed by atoms with Gasteiger partial charge in [-0.2, -0.15) is 0 Å². The van der Waals surface area contributed by atoms with Crippen molar-refractivity contribution in [2.24, 2.45) is 11.5 Å². The van der Waals surface area contributed by atoms with E-state index in [4.69, 9.17) is 11.5 Å². The second kappa shape index (κ2) is 15.4. The van der Waals surface area contributed by atoms with Gasteiger partial charge in [0.1, 0.15) is 18.1 Å². The highest BCUT2D eigenvalue weighted by Crippen LogP contribution is 2.06. The number of aliphatic hydroxyl groups excluding tert-OH is 1. The van der Waals surface area contributed by atoms with Crippen molar-refractivity contribution in [2.75, 3.05) is 6.54 Å². The Labute approximate surface area is 208 Å². The number of aliphatic carboxylic acids is 2. The average Bonchev–Trinajstić information content (AvgIpc) is 2.81. The maximum absolute atomic E-state index is 12.8. The molecule has 5 atom stereocenters. The molecule has 36 heavy (non-hydrogen) atoms. The lowest BCUT2D eigenvalue weighted by molar-refractivity contribution is -0.144. The largest absolute Gasteiger partial charge is 0.481 e. The van der Waals surface area contributed by atoms with Crippen molar-refractivity contribution in [3.63, 3.8) is 0 Å². The van der Waals surface area contributed by atoms with E-state index >= 15 is 0 Å². The number of carboxylic acids is 2. The van der Waals surface area contributed by atoms with Gasteiger partial charge in [-0.05, 0) is 44.7 Å². The van der Waals surface area contributed by atoms with Crippen LogP contribution in [0.2, 0.25) is 0 Å². The molecule has 10 N–H and O–H groups in total. The molecule has 1 aromatic carbocycles. The summed E-state index contributed by atoms with van der Waals surface area (Å²) in [6, 6.07) is 3.28. The van der Waals surface area contributed by atoms with Crippen LogP contribution in [0.3, 0.4) is 0 Å². The zero-order valence-corrected chi connectivity index (χ0v) is 20.1. The highest BCUT2D eigenvalue weighted by molar-refractivity contribution is 5.95. The highest BCUT2D eigenvalue weighted by Gasteiger charge is 2.33. The van der Waals surface area contributed by atoms with Gasteiger partial charge in [-0.3, -0.25) is 19.2 Å². The van der Waals surface area contributed by atoms with Gasteiger partial charge in [-0.25, -0.2) is 4.79 Å². The fourth-order valence-corrected chi connectivity index (χ4v) is 3.29. The Bertz CT molecular complexity index is 896. The van der Waals surface area contributed by atoms with E-state index in [0.29, 0.717) is 19.4 Å². The molecule has 13 nitrogen and oxygen atoms in total. The number of carbonyl (C=O) groups excluding carboxylic acids is 3. The minimum Gasteiger partial charge on any atom is -0.481 e. The van der Waals surface area contributed by atoms with Crippen LogP contribution in [0, 0.1) is 0 Å². The van der Waals surface area contributed by atoms with Gasteiger partial charge in [0, 0.05) is 0 Å². The van der Waals surface area contributed by atoms with Crippen LogP contribution < -0.4 is 27.4 Å². The first-order valence-corrected chi connectivity index (χ1v) is 11.5. The Morgan fingerprint density at radius 1 is 0.889 bits per heavy atom. The molecule has 0 aromatic heterocycles. The van der Waals surface area contributed by atoms with Gasteiger partial charge in [0.25, 0.3) is 0 Å². The fourth-order valence-electron chi connectivity index (χ4n) is 3.29. The van der Waals surface area contributed by atoms with E-state index < -0.39 is 66.4 Å². The SMILES string of the molecule is CC(O)C(NC(=O)C(N)Cc1ccccc1)C(=O)NC(CC(=O)O)C(=O)NC(CCCCN)C(=O)O. The molecule has 0 saturated carbocycles. The Morgan fingerprint density at radius 3 is 2.03 bits per heavy atom. The van der Waals surface area contributed by atoms with E-state index in [9.17, 15) is 39.3 Å². The van der Waals surface area contributed by atoms with E-state index in [-0.39, 0.29) is 12.8 Å². The first kappa shape index (κ1) is 30.5. The number of hydrogen-bond donors (Lipinski definition) is 8. The summed E-state index contributed by atoms with van der Waals surface area (Å²) in [6.45, 7) is 1.55. The molecule has 0 aliphatic carbocycles. The standard InChI is InChI=1S/C23H35N5O8/c1-13(29)19(28-20(32)15(25)11-14-7-3-2-4-8-14)22(34)27-17(12-18(30)31)21(33)26-16(23(35)36)9-5-6-10-24/h2-4,7-8,13,15-17,19,29H,5-6,9-12,24-25H2,1H3,(H,26,33)(H,27,34)(H,28,32)(H,30,31)(H,35,36). The zero-order chi connectivity index (χ0) is 27.3. The van der Waals surface area contributed by atoms with Gasteiger partial charge in [-0.1, -0.05) is 30.3 Å². The van der Waals surface area contributed by atoms with Gasteiger partial charge >= 0.3 is 11.9 Å². The predicted molar refractivity (Wildman–Crippen MR) is 128 cm³/mol. The summed E-state index contributed by atoms with van der Waals surface area (Å²) >= 11 is 0. The number of aliphatic hydroxyl groups is 1. The number of benzene rings is 1. The molecule has 0 saturated heterocycles. The van der Waals surface area contributed by atoms with E-state index in [0.717, 1.165) is 5.56 Å². The molecule has 1 rings (SSSR count). The molecule has 3 amide bonds. The van der Waals surface area contributed by atoms with Crippen molar-refractivity contribution in [3.05, 3.63) is 35.9 Å². The second-order valence-electron chi connectivity index (χ2n) is 8.37. The number of unbranched alkanes of at least 4 members (excludes halogenated alkanes) is 1. The van der Waals surface area contributed by atoms with Crippen molar-refractivity contribution in [3.8, 4) is 0 Å². The van der Waals surface area contributed by atoms with Crippen LogP contribution >= 0.6 is 0 Å². The number of hydrogen-bond acceptors (Lipinski definition) is 8. The summed E-state index contributed by atoms with van der Waals surface area (Å²) in [5.41, 5.74) is 12.1. The third-order valence-corrected chi connectivity index (χ3v) is 5.27. The van der Waals surface area contributed by atoms with E-state index in [1.54, 1.807) is 30.3 Å². The topological polar surface area (TPSA) is 234 Å². The number of nitrogens with one attached hydrogen (secondary N) is 3. The molecule has 0 bridgehead atoms. The number of carbonyl (C=O) groups is 5. The molecular weight excluding hydrogens is 474 g/mol. The Morgan fingerprint density at radius 2 is 1.50 bits per heavy atom. The average molecular weight is 510 g/mol. The maximum atomic E-state index is 12.8. The quantitative estimate of drug-likeness (QED) is 0.115. The molecule has 5 unspecified atom stereocenters. The normalized spacial score (nSPS) is 15.0. The minimum atomic E-state index is -1.66. The van der Waals surface area contributed by atoms with Gasteiger partial charge in [0.15, 0.2) is 0 Å². The van der Waals surface area contributed by atoms with Crippen molar-refractivity contribution in [2.45, 2.75) is 69.3 Å². The smallest absolute Gasteiger partial charge is 0.326 e. The van der Waals surface area contributed by atoms with Crippen LogP contribution in [0.5, 0.6) is 0 Å². The molecule has 0 heterocycles. The molecule has 0 spiro atoms. The third kappa shape index (κ3) is 10.8. The van der Waals surface area contributed by atoms with E-state index in [2.05, 4.69) is 16.0 Å². The van der Waals surface area contributed by atoms with Gasteiger partial charge < -0.3 is 42.7 Å². The van der Waals surface area contributed by atoms with Crippen LogP contribution in [0.25, 0.3) is 0 Å². The van der Waals surface area contributed by atoms with Crippen LogP contribution in [0.15, 0.2) is 30.3 Å². The van der Waals surface area contributed by atoms with Crippen LogP contribution in [-0.4, -0.2) is 81.8 Å². The summed E-state index contributed by atoms with van der Waals surface area (Å²) < 4.78 is 0. The van der Waals surface area contributed by atoms with Gasteiger partial charge in [0.2, 0.25) is 17.7 Å². The molecule has 0 aliphatic rings. The summed E-state index contributed by atoms with van der Waals surface area (Å²) in [6.07, 6.45) is -1.14. The number of carboxylic acid groups (broad SMARTS) is 2. The minimum absolute atomic E-state index is 0.0532. The van der Waals surface area contributed by atoms with Crippen LogP contribution in [0.4, 0.5) is 0 Å². The van der Waals surface area contributed by atoms with Crippen molar-refractivity contribution in [1.82, 2.24) is 16.0 Å². The lowest BCUT2D eigenvalue weighted by Crippen LogP contribution is -2.60. The van der Waals surface area contributed by atoms with Gasteiger partial charge in [0.05, 0.1) is 18.6 Å². The lowest BCUT2D eigenvalue weighted by atomic mass is 10.0. The monoisotopic (exact) mass is 509 g/mol. The van der Waals surface area contributed by atoms with Crippen LogP contribution in [-0.2, 0) is 30.4 Å². The molecule has 0 fully saturated rings. The molecule has 0 aliphatic heterocycles. The number of amides is 3. The third-order valence-electron chi connectivity index (χ3n) is 5.27. The Balaban J connectivity index is 2.90. The van der Waals surface area contributed by atoms with E-state index in [1.807, 2.05) is 0 Å². The highest BCUT2D eigenvalue weighted by atomic mass is 16.4. The number of nitrogens with two attached hydrogens (primary N) is 2. The summed E-state index contributed by atoms with van der Waals surface area (Å²) in [5, 5.41) is 35.3. The Hall–Kier alpha value is -3.55. The Kier molecular flexibility index (Phi) is 13.1. The van der Waals surface area contributed by atoms with Crippen molar-refractivity contribution >= 4 is 29.7 Å². The van der Waals surface area contributed by atoms with E-state index in [1.165, 1.54) is 6.92 Å². The fraction of sp³-hybridized carbons (Fsp3) is 0.522. The van der Waals surface area contributed by atoms with Crippen LogP contribution in [0.1, 0.15) is 38.2 Å². The summed E-state index contributed by atoms with van der Waals surface area (Å²) in [4.78, 5) is 60.7. The first-order chi connectivity index (χ1) is 17.0. The summed E-state index contributed by atoms with van der Waals surface area (Å²) in [7, 11) is 0. The predicted octanol–water partition coefficient (Wildman–Crippen LogP) is -1.92. The van der Waals surface area contributed by atoms with Crippen molar-refractivity contribution < 1.29 is 39.3 Å². The molecule has 13 heteroatoms. The zero-order valence-electron chi connectivity index (χ0n) is 20.1. The first-order valence-electron chi connectivity index (χ1n) is 11.5. The van der Waals surface area contributed by atoms with Crippen molar-refractivity contribution in [1.29, 1.82) is 0 Å².